The molecule has 1 amide bonds. The molecule has 2 aromatic carbocycles. The van der Waals surface area contributed by atoms with Crippen LogP contribution >= 0.6 is 11.6 Å². The van der Waals surface area contributed by atoms with Crippen LogP contribution in [0.1, 0.15) is 16.1 Å². The molecule has 0 spiro atoms. The largest absolute Gasteiger partial charge is 0.467 e. The molecule has 0 unspecified atom stereocenters. The highest BCUT2D eigenvalue weighted by molar-refractivity contribution is 6.30. The number of nitrogens with zero attached hydrogens (tertiary/aromatic N) is 2. The predicted molar refractivity (Wildman–Crippen MR) is 100 cm³/mol. The van der Waals surface area contributed by atoms with Gasteiger partial charge in [-0.1, -0.05) is 28.9 Å². The van der Waals surface area contributed by atoms with Crippen molar-refractivity contribution < 1.29 is 13.7 Å². The molecule has 0 aliphatic heterocycles. The molecule has 0 saturated carbocycles. The quantitative estimate of drug-likeness (QED) is 0.549. The summed E-state index contributed by atoms with van der Waals surface area (Å²) in [6.45, 7) is 0.292. The Kier molecular flexibility index (Phi) is 4.72. The van der Waals surface area contributed by atoms with E-state index in [0.717, 1.165) is 5.56 Å². The van der Waals surface area contributed by atoms with Gasteiger partial charge < -0.3 is 14.3 Å². The van der Waals surface area contributed by atoms with Crippen molar-refractivity contribution in [3.8, 4) is 22.8 Å². The molecule has 4 aromatic rings. The van der Waals surface area contributed by atoms with Gasteiger partial charge in [-0.05, 0) is 48.5 Å². The molecule has 0 saturated heterocycles. The Labute approximate surface area is 159 Å². The summed E-state index contributed by atoms with van der Waals surface area (Å²) < 4.78 is 10.6. The highest BCUT2D eigenvalue weighted by Gasteiger charge is 2.18. The van der Waals surface area contributed by atoms with Crippen LogP contribution in [0.4, 0.5) is 0 Å². The Morgan fingerprint density at radius 1 is 1.04 bits per heavy atom. The first-order chi connectivity index (χ1) is 13.2. The van der Waals surface area contributed by atoms with Crippen molar-refractivity contribution in [2.24, 2.45) is 0 Å². The lowest BCUT2D eigenvalue weighted by Gasteiger charge is -2.06. The number of carbonyl (C=O) groups is 1. The van der Waals surface area contributed by atoms with Gasteiger partial charge in [0.25, 0.3) is 11.8 Å². The van der Waals surface area contributed by atoms with Gasteiger partial charge in [-0.25, -0.2) is 0 Å². The number of furan rings is 1. The molecule has 6 nitrogen and oxygen atoms in total. The van der Waals surface area contributed by atoms with Crippen LogP contribution in [0, 0.1) is 0 Å². The third-order valence-corrected chi connectivity index (χ3v) is 4.19. The minimum atomic E-state index is -0.256. The second kappa shape index (κ2) is 7.47. The maximum atomic E-state index is 12.6. The average molecular weight is 380 g/mol. The van der Waals surface area contributed by atoms with E-state index >= 15 is 0 Å². The van der Waals surface area contributed by atoms with E-state index in [1.165, 1.54) is 0 Å². The molecular formula is C20H14ClN3O3. The zero-order valence-corrected chi connectivity index (χ0v) is 14.8. The summed E-state index contributed by atoms with van der Waals surface area (Å²) in [5, 5.41) is 7.45. The molecule has 4 rings (SSSR count). The molecule has 0 bridgehead atoms. The standard InChI is InChI=1S/C20H14ClN3O3/c21-14-9-7-13(8-10-14)18-23-20(27-24-18)17-6-2-1-5-16(17)19(25)22-12-15-4-3-11-26-15/h1-11H,12H2,(H,22,25). The van der Waals surface area contributed by atoms with Crippen molar-refractivity contribution in [3.63, 3.8) is 0 Å². The highest BCUT2D eigenvalue weighted by atomic mass is 35.5. The van der Waals surface area contributed by atoms with Crippen LogP contribution in [0.5, 0.6) is 0 Å². The van der Waals surface area contributed by atoms with Gasteiger partial charge in [0.15, 0.2) is 0 Å². The van der Waals surface area contributed by atoms with Gasteiger partial charge in [0.1, 0.15) is 5.76 Å². The van der Waals surface area contributed by atoms with Gasteiger partial charge in [0, 0.05) is 10.6 Å². The molecule has 2 heterocycles. The number of rotatable bonds is 5. The van der Waals surface area contributed by atoms with Gasteiger partial charge in [0.05, 0.1) is 23.9 Å². The summed E-state index contributed by atoms with van der Waals surface area (Å²) in [4.78, 5) is 17.0. The summed E-state index contributed by atoms with van der Waals surface area (Å²) in [6.07, 6.45) is 1.56. The van der Waals surface area contributed by atoms with Crippen LogP contribution in [-0.4, -0.2) is 16.0 Å². The fourth-order valence-corrected chi connectivity index (χ4v) is 2.72. The second-order valence-electron chi connectivity index (χ2n) is 5.74. The zero-order valence-electron chi connectivity index (χ0n) is 14.1. The van der Waals surface area contributed by atoms with Crippen LogP contribution in [-0.2, 0) is 6.54 Å². The van der Waals surface area contributed by atoms with E-state index in [4.69, 9.17) is 20.5 Å². The van der Waals surface area contributed by atoms with Crippen molar-refractivity contribution >= 4 is 17.5 Å². The monoisotopic (exact) mass is 379 g/mol. The van der Waals surface area contributed by atoms with Crippen LogP contribution in [0.15, 0.2) is 75.9 Å². The van der Waals surface area contributed by atoms with E-state index in [1.54, 1.807) is 60.9 Å². The van der Waals surface area contributed by atoms with E-state index in [1.807, 2.05) is 6.07 Å². The van der Waals surface area contributed by atoms with Gasteiger partial charge in [0.2, 0.25) is 5.82 Å². The SMILES string of the molecule is O=C(NCc1ccco1)c1ccccc1-c1nc(-c2ccc(Cl)cc2)no1. The number of hydrogen-bond acceptors (Lipinski definition) is 5. The average Bonchev–Trinajstić information content (AvgIpc) is 3.39. The number of hydrogen-bond donors (Lipinski definition) is 1. The predicted octanol–water partition coefficient (Wildman–Crippen LogP) is 4.58. The number of amides is 1. The fourth-order valence-electron chi connectivity index (χ4n) is 2.59. The summed E-state index contributed by atoms with van der Waals surface area (Å²) in [6, 6.07) is 17.7. The number of nitrogens with one attached hydrogen (secondary N) is 1. The number of benzene rings is 2. The zero-order chi connectivity index (χ0) is 18.6. The van der Waals surface area contributed by atoms with Crippen molar-refractivity contribution in [3.05, 3.63) is 83.3 Å². The first-order valence-electron chi connectivity index (χ1n) is 8.20. The van der Waals surface area contributed by atoms with Gasteiger partial charge >= 0.3 is 0 Å². The minimum Gasteiger partial charge on any atom is -0.467 e. The Hall–Kier alpha value is -3.38. The molecule has 7 heteroatoms. The van der Waals surface area contributed by atoms with Crippen LogP contribution in [0.3, 0.4) is 0 Å². The number of halogens is 1. The third kappa shape index (κ3) is 3.75. The lowest BCUT2D eigenvalue weighted by Crippen LogP contribution is -2.23. The van der Waals surface area contributed by atoms with Gasteiger partial charge in [-0.2, -0.15) is 4.98 Å². The van der Waals surface area contributed by atoms with Crippen molar-refractivity contribution in [2.75, 3.05) is 0 Å². The second-order valence-corrected chi connectivity index (χ2v) is 6.17. The highest BCUT2D eigenvalue weighted by Crippen LogP contribution is 2.26. The van der Waals surface area contributed by atoms with Crippen molar-refractivity contribution in [1.29, 1.82) is 0 Å². The first kappa shape index (κ1) is 17.1. The van der Waals surface area contributed by atoms with Crippen LogP contribution in [0.2, 0.25) is 5.02 Å². The lowest BCUT2D eigenvalue weighted by atomic mass is 10.1. The van der Waals surface area contributed by atoms with Crippen LogP contribution in [0.25, 0.3) is 22.8 Å². The Balaban J connectivity index is 1.59. The Morgan fingerprint density at radius 3 is 2.63 bits per heavy atom. The summed E-state index contributed by atoms with van der Waals surface area (Å²) in [5.74, 6) is 1.10. The summed E-state index contributed by atoms with van der Waals surface area (Å²) >= 11 is 5.91. The summed E-state index contributed by atoms with van der Waals surface area (Å²) in [5.41, 5.74) is 1.77. The molecule has 134 valence electrons. The molecule has 1 N–H and O–H groups in total. The smallest absolute Gasteiger partial charge is 0.259 e. The van der Waals surface area contributed by atoms with Crippen molar-refractivity contribution in [1.82, 2.24) is 15.5 Å². The topological polar surface area (TPSA) is 81.2 Å². The molecule has 0 fully saturated rings. The number of aromatic nitrogens is 2. The Bertz CT molecular complexity index is 1060. The Morgan fingerprint density at radius 2 is 1.85 bits per heavy atom. The molecule has 0 radical (unpaired) electrons. The van der Waals surface area contributed by atoms with E-state index in [2.05, 4.69) is 15.5 Å². The van der Waals surface area contributed by atoms with Crippen LogP contribution < -0.4 is 5.32 Å². The molecule has 2 aromatic heterocycles. The normalized spacial score (nSPS) is 10.7. The molecule has 27 heavy (non-hydrogen) atoms. The maximum Gasteiger partial charge on any atom is 0.259 e. The van der Waals surface area contributed by atoms with E-state index < -0.39 is 0 Å². The van der Waals surface area contributed by atoms with E-state index in [-0.39, 0.29) is 11.8 Å². The molecule has 0 aliphatic carbocycles. The van der Waals surface area contributed by atoms with Gasteiger partial charge in [-0.15, -0.1) is 0 Å². The van der Waals surface area contributed by atoms with E-state index in [0.29, 0.717) is 34.3 Å². The molecule has 0 atom stereocenters. The summed E-state index contributed by atoms with van der Waals surface area (Å²) in [7, 11) is 0. The molecule has 0 aliphatic rings. The minimum absolute atomic E-state index is 0.256. The third-order valence-electron chi connectivity index (χ3n) is 3.93. The maximum absolute atomic E-state index is 12.6. The van der Waals surface area contributed by atoms with Gasteiger partial charge in [-0.3, -0.25) is 4.79 Å². The molecular weight excluding hydrogens is 366 g/mol. The fraction of sp³-hybridized carbons (Fsp3) is 0.0500. The first-order valence-corrected chi connectivity index (χ1v) is 8.58. The number of carbonyl (C=O) groups excluding carboxylic acids is 1. The lowest BCUT2D eigenvalue weighted by molar-refractivity contribution is 0.0948. The van der Waals surface area contributed by atoms with Crippen molar-refractivity contribution in [2.45, 2.75) is 6.54 Å². The van der Waals surface area contributed by atoms with E-state index in [9.17, 15) is 4.79 Å².